The molecule has 1 aliphatic carbocycles. The number of aliphatic imine (C=N–C) groups is 1. The number of guanidine groups is 1. The van der Waals surface area contributed by atoms with E-state index in [0.29, 0.717) is 12.0 Å². The highest BCUT2D eigenvalue weighted by Crippen LogP contribution is 2.34. The summed E-state index contributed by atoms with van der Waals surface area (Å²) in [4.78, 5) is 4.90. The Labute approximate surface area is 175 Å². The summed E-state index contributed by atoms with van der Waals surface area (Å²) in [5, 5.41) is 7.09. The van der Waals surface area contributed by atoms with E-state index in [0.717, 1.165) is 38.0 Å². The molecule has 3 rings (SSSR count). The fourth-order valence-corrected chi connectivity index (χ4v) is 4.12. The van der Waals surface area contributed by atoms with Gasteiger partial charge in [0.25, 0.3) is 0 Å². The fourth-order valence-electron chi connectivity index (χ4n) is 4.12. The molecule has 1 heterocycles. The van der Waals surface area contributed by atoms with E-state index in [-0.39, 0.29) is 30.1 Å². The molecule has 0 bridgehead atoms. The Morgan fingerprint density at radius 1 is 1.19 bits per heavy atom. The quantitative estimate of drug-likeness (QED) is 0.377. The van der Waals surface area contributed by atoms with Crippen LogP contribution in [0, 0.1) is 11.8 Å². The third-order valence-corrected chi connectivity index (χ3v) is 5.45. The van der Waals surface area contributed by atoms with Gasteiger partial charge >= 0.3 is 0 Å². The minimum absolute atomic E-state index is 0. The first kappa shape index (κ1) is 21.5. The lowest BCUT2D eigenvalue weighted by Gasteiger charge is -2.29. The second kappa shape index (κ2) is 11.1. The van der Waals surface area contributed by atoms with Crippen LogP contribution in [0.5, 0.6) is 0 Å². The second-order valence-corrected chi connectivity index (χ2v) is 7.58. The van der Waals surface area contributed by atoms with Gasteiger partial charge < -0.3 is 15.4 Å². The molecule has 146 valence electrons. The molecule has 0 amide bonds. The van der Waals surface area contributed by atoms with Gasteiger partial charge in [-0.1, -0.05) is 50.1 Å². The number of hydrogen-bond acceptors (Lipinski definition) is 2. The van der Waals surface area contributed by atoms with Gasteiger partial charge in [0.2, 0.25) is 0 Å². The van der Waals surface area contributed by atoms with E-state index < -0.39 is 0 Å². The number of nitrogens with one attached hydrogen (secondary N) is 2. The summed E-state index contributed by atoms with van der Waals surface area (Å²) < 4.78 is 6.00. The molecular formula is C21H34IN3O. The van der Waals surface area contributed by atoms with Crippen LogP contribution in [0.25, 0.3) is 0 Å². The third kappa shape index (κ3) is 6.12. The average molecular weight is 471 g/mol. The van der Waals surface area contributed by atoms with Crippen molar-refractivity contribution < 1.29 is 4.74 Å². The smallest absolute Gasteiger partial charge is 0.191 e. The summed E-state index contributed by atoms with van der Waals surface area (Å²) in [7, 11) is 0. The Balaban J connectivity index is 0.00000243. The van der Waals surface area contributed by atoms with Gasteiger partial charge in [0.05, 0.1) is 6.10 Å². The predicted octanol–water partition coefficient (Wildman–Crippen LogP) is 4.52. The molecule has 0 aromatic heterocycles. The van der Waals surface area contributed by atoms with Crippen molar-refractivity contribution >= 4 is 29.9 Å². The van der Waals surface area contributed by atoms with Gasteiger partial charge in [-0.3, -0.25) is 4.99 Å². The maximum absolute atomic E-state index is 6.00. The van der Waals surface area contributed by atoms with Gasteiger partial charge in [-0.25, -0.2) is 0 Å². The molecule has 1 aromatic carbocycles. The number of ether oxygens (including phenoxy) is 1. The first-order chi connectivity index (χ1) is 12.3. The normalized spacial score (nSPS) is 29.1. The molecule has 1 aliphatic heterocycles. The lowest BCUT2D eigenvalue weighted by molar-refractivity contribution is 0.0925. The van der Waals surface area contributed by atoms with Crippen LogP contribution >= 0.6 is 24.0 Å². The topological polar surface area (TPSA) is 45.7 Å². The number of halogens is 1. The number of hydrogen-bond donors (Lipinski definition) is 2. The minimum atomic E-state index is 0. The fraction of sp³-hybridized carbons (Fsp3) is 0.667. The van der Waals surface area contributed by atoms with Crippen LogP contribution in [0.1, 0.15) is 57.6 Å². The summed E-state index contributed by atoms with van der Waals surface area (Å²) in [5.41, 5.74) is 1.28. The van der Waals surface area contributed by atoms with Crippen LogP contribution in [-0.2, 0) is 4.74 Å². The van der Waals surface area contributed by atoms with Crippen molar-refractivity contribution in [2.75, 3.05) is 19.7 Å². The SMILES string of the molecule is CCNC(=NCC1CCOC1c1ccccc1)NC1CCCC(C)C1.I. The minimum Gasteiger partial charge on any atom is -0.373 e. The Morgan fingerprint density at radius 2 is 2.00 bits per heavy atom. The molecule has 2 fully saturated rings. The molecule has 26 heavy (non-hydrogen) atoms. The van der Waals surface area contributed by atoms with Crippen LogP contribution in [0.2, 0.25) is 0 Å². The number of benzene rings is 1. The summed E-state index contributed by atoms with van der Waals surface area (Å²) in [6.45, 7) is 7.04. The molecule has 4 nitrogen and oxygen atoms in total. The number of nitrogens with zero attached hydrogens (tertiary/aromatic N) is 1. The summed E-state index contributed by atoms with van der Waals surface area (Å²) in [5.74, 6) is 2.25. The Kier molecular flexibility index (Phi) is 9.19. The zero-order chi connectivity index (χ0) is 17.5. The summed E-state index contributed by atoms with van der Waals surface area (Å²) >= 11 is 0. The van der Waals surface area contributed by atoms with Gasteiger partial charge in [0.1, 0.15) is 0 Å². The lowest BCUT2D eigenvalue weighted by atomic mass is 9.87. The van der Waals surface area contributed by atoms with E-state index in [4.69, 9.17) is 9.73 Å². The van der Waals surface area contributed by atoms with Crippen molar-refractivity contribution in [1.29, 1.82) is 0 Å². The van der Waals surface area contributed by atoms with Gasteiger partial charge in [-0.05, 0) is 37.7 Å². The van der Waals surface area contributed by atoms with E-state index in [1.807, 2.05) is 0 Å². The lowest BCUT2D eigenvalue weighted by Crippen LogP contribution is -2.45. The molecule has 1 aromatic rings. The van der Waals surface area contributed by atoms with E-state index in [1.54, 1.807) is 0 Å². The monoisotopic (exact) mass is 471 g/mol. The van der Waals surface area contributed by atoms with Crippen molar-refractivity contribution in [2.45, 2.75) is 58.1 Å². The van der Waals surface area contributed by atoms with Crippen molar-refractivity contribution in [3.63, 3.8) is 0 Å². The highest BCUT2D eigenvalue weighted by molar-refractivity contribution is 14.0. The van der Waals surface area contributed by atoms with Crippen LogP contribution in [-0.4, -0.2) is 31.7 Å². The number of rotatable bonds is 5. The van der Waals surface area contributed by atoms with Crippen molar-refractivity contribution in [2.24, 2.45) is 16.8 Å². The third-order valence-electron chi connectivity index (χ3n) is 5.45. The van der Waals surface area contributed by atoms with Crippen molar-refractivity contribution in [3.8, 4) is 0 Å². The Morgan fingerprint density at radius 3 is 2.73 bits per heavy atom. The average Bonchev–Trinajstić information content (AvgIpc) is 3.09. The molecule has 4 atom stereocenters. The predicted molar refractivity (Wildman–Crippen MR) is 119 cm³/mol. The van der Waals surface area contributed by atoms with Crippen molar-refractivity contribution in [3.05, 3.63) is 35.9 Å². The van der Waals surface area contributed by atoms with Crippen LogP contribution in [0.4, 0.5) is 0 Å². The van der Waals surface area contributed by atoms with Crippen LogP contribution in [0.15, 0.2) is 35.3 Å². The van der Waals surface area contributed by atoms with E-state index in [9.17, 15) is 0 Å². The molecular weight excluding hydrogens is 437 g/mol. The van der Waals surface area contributed by atoms with Crippen LogP contribution in [0.3, 0.4) is 0 Å². The molecule has 1 saturated heterocycles. The molecule has 0 radical (unpaired) electrons. The van der Waals surface area contributed by atoms with E-state index in [2.05, 4.69) is 54.8 Å². The zero-order valence-electron chi connectivity index (χ0n) is 16.1. The first-order valence-electron chi connectivity index (χ1n) is 9.97. The molecule has 5 heteroatoms. The van der Waals surface area contributed by atoms with Crippen LogP contribution < -0.4 is 10.6 Å². The standard InChI is InChI=1S/C21H33N3O.HI/c1-3-22-21(24-19-11-7-8-16(2)14-19)23-15-18-12-13-25-20(18)17-9-5-4-6-10-17;/h4-6,9-10,16,18-20H,3,7-8,11-15H2,1-2H3,(H2,22,23,24);1H. The van der Waals surface area contributed by atoms with Crippen molar-refractivity contribution in [1.82, 2.24) is 10.6 Å². The first-order valence-corrected chi connectivity index (χ1v) is 9.97. The Bertz CT molecular complexity index is 551. The molecule has 4 unspecified atom stereocenters. The van der Waals surface area contributed by atoms with Gasteiger partial charge in [-0.2, -0.15) is 0 Å². The van der Waals surface area contributed by atoms with Gasteiger partial charge in [-0.15, -0.1) is 24.0 Å². The Hall–Kier alpha value is -0.820. The maximum atomic E-state index is 6.00. The second-order valence-electron chi connectivity index (χ2n) is 7.58. The van der Waals surface area contributed by atoms with E-state index >= 15 is 0 Å². The van der Waals surface area contributed by atoms with Gasteiger partial charge in [0, 0.05) is 31.7 Å². The van der Waals surface area contributed by atoms with E-state index in [1.165, 1.54) is 31.2 Å². The molecule has 2 N–H and O–H groups in total. The summed E-state index contributed by atoms with van der Waals surface area (Å²) in [6, 6.07) is 11.1. The zero-order valence-corrected chi connectivity index (χ0v) is 18.4. The highest BCUT2D eigenvalue weighted by atomic mass is 127. The molecule has 0 spiro atoms. The summed E-state index contributed by atoms with van der Waals surface area (Å²) in [6.07, 6.45) is 6.47. The molecule has 1 saturated carbocycles. The highest BCUT2D eigenvalue weighted by Gasteiger charge is 2.29. The molecule has 2 aliphatic rings. The maximum Gasteiger partial charge on any atom is 0.191 e. The largest absolute Gasteiger partial charge is 0.373 e. The van der Waals surface area contributed by atoms with Gasteiger partial charge in [0.15, 0.2) is 5.96 Å².